The van der Waals surface area contributed by atoms with Crippen LogP contribution in [0.5, 0.6) is 0 Å². The van der Waals surface area contributed by atoms with E-state index in [-0.39, 0.29) is 11.6 Å². The van der Waals surface area contributed by atoms with E-state index in [2.05, 4.69) is 27.5 Å². The molecule has 1 heterocycles. The summed E-state index contributed by atoms with van der Waals surface area (Å²) in [5.74, 6) is 0.237. The second-order valence-corrected chi connectivity index (χ2v) is 6.29. The molecule has 0 saturated carbocycles. The summed E-state index contributed by atoms with van der Waals surface area (Å²) < 4.78 is 0. The highest BCUT2D eigenvalue weighted by Crippen LogP contribution is 2.22. The normalized spacial score (nSPS) is 10.4. The Labute approximate surface area is 157 Å². The third-order valence-electron chi connectivity index (χ3n) is 3.95. The topological polar surface area (TPSA) is 66.9 Å². The summed E-state index contributed by atoms with van der Waals surface area (Å²) in [4.78, 5) is 20.7. The Balaban J connectivity index is 1.66. The Bertz CT molecular complexity index is 908. The number of hydrogen-bond donors (Lipinski definition) is 2. The molecule has 0 bridgehead atoms. The first-order valence-electron chi connectivity index (χ1n) is 8.30. The van der Waals surface area contributed by atoms with Gasteiger partial charge < -0.3 is 10.6 Å². The molecule has 6 heteroatoms. The van der Waals surface area contributed by atoms with Gasteiger partial charge in [0, 0.05) is 16.4 Å². The number of amides is 1. The highest BCUT2D eigenvalue weighted by atomic mass is 35.5. The summed E-state index contributed by atoms with van der Waals surface area (Å²) in [6.45, 7) is 4.03. The van der Waals surface area contributed by atoms with Gasteiger partial charge in [-0.1, -0.05) is 36.7 Å². The predicted molar refractivity (Wildman–Crippen MR) is 105 cm³/mol. The van der Waals surface area contributed by atoms with Crippen molar-refractivity contribution in [3.05, 3.63) is 76.7 Å². The van der Waals surface area contributed by atoms with Gasteiger partial charge in [-0.15, -0.1) is 0 Å². The van der Waals surface area contributed by atoms with Crippen molar-refractivity contribution in [1.29, 1.82) is 0 Å². The maximum absolute atomic E-state index is 12.3. The molecule has 0 aliphatic heterocycles. The highest BCUT2D eigenvalue weighted by Gasteiger charge is 2.09. The minimum atomic E-state index is -0.299. The fourth-order valence-electron chi connectivity index (χ4n) is 2.35. The zero-order valence-corrected chi connectivity index (χ0v) is 15.3. The molecule has 0 unspecified atom stereocenters. The minimum absolute atomic E-state index is 0.247. The molecular weight excluding hydrogens is 348 g/mol. The number of nitrogens with zero attached hydrogens (tertiary/aromatic N) is 2. The highest BCUT2D eigenvalue weighted by molar-refractivity contribution is 6.31. The van der Waals surface area contributed by atoms with E-state index in [1.54, 1.807) is 0 Å². The molecule has 0 spiro atoms. The van der Waals surface area contributed by atoms with Gasteiger partial charge in [-0.2, -0.15) is 0 Å². The Kier molecular flexibility index (Phi) is 5.49. The van der Waals surface area contributed by atoms with Crippen LogP contribution in [0, 0.1) is 6.92 Å². The lowest BCUT2D eigenvalue weighted by atomic mass is 10.1. The van der Waals surface area contributed by atoms with Gasteiger partial charge in [-0.3, -0.25) is 4.79 Å². The molecular formula is C20H19ClN4O. The van der Waals surface area contributed by atoms with Gasteiger partial charge in [0.1, 0.15) is 11.5 Å². The third-order valence-corrected chi connectivity index (χ3v) is 4.36. The molecule has 3 rings (SSSR count). The van der Waals surface area contributed by atoms with E-state index in [4.69, 9.17) is 11.6 Å². The van der Waals surface area contributed by atoms with Gasteiger partial charge in [0.25, 0.3) is 5.91 Å². The van der Waals surface area contributed by atoms with Crippen LogP contribution in [0.25, 0.3) is 0 Å². The van der Waals surface area contributed by atoms with E-state index >= 15 is 0 Å². The number of halogens is 1. The lowest BCUT2D eigenvalue weighted by Gasteiger charge is -2.08. The summed E-state index contributed by atoms with van der Waals surface area (Å²) in [5.41, 5.74) is 4.00. The first kappa shape index (κ1) is 17.9. The second-order valence-electron chi connectivity index (χ2n) is 5.88. The average Bonchev–Trinajstić information content (AvgIpc) is 2.66. The molecule has 0 radical (unpaired) electrons. The van der Waals surface area contributed by atoms with Crippen LogP contribution in [0.15, 0.2) is 54.9 Å². The molecule has 0 atom stereocenters. The zero-order chi connectivity index (χ0) is 18.5. The van der Waals surface area contributed by atoms with Crippen LogP contribution in [0.4, 0.5) is 17.2 Å². The molecule has 0 aliphatic carbocycles. The van der Waals surface area contributed by atoms with E-state index in [1.165, 1.54) is 18.0 Å². The second kappa shape index (κ2) is 7.97. The van der Waals surface area contributed by atoms with Crippen LogP contribution in [0.1, 0.15) is 28.5 Å². The van der Waals surface area contributed by atoms with Crippen molar-refractivity contribution in [3.8, 4) is 0 Å². The molecule has 0 aliphatic rings. The number of aryl methyl sites for hydroxylation is 2. The van der Waals surface area contributed by atoms with Crippen LogP contribution in [0.2, 0.25) is 5.02 Å². The molecule has 1 aromatic heterocycles. The minimum Gasteiger partial charge on any atom is -0.339 e. The van der Waals surface area contributed by atoms with E-state index in [0.29, 0.717) is 10.8 Å². The third kappa shape index (κ3) is 4.37. The summed E-state index contributed by atoms with van der Waals surface area (Å²) in [6.07, 6.45) is 3.91. The Morgan fingerprint density at radius 3 is 2.38 bits per heavy atom. The van der Waals surface area contributed by atoms with Gasteiger partial charge in [0.15, 0.2) is 0 Å². The number of carbonyl (C=O) groups is 1. The van der Waals surface area contributed by atoms with Gasteiger partial charge in [0.05, 0.1) is 12.4 Å². The lowest BCUT2D eigenvalue weighted by Crippen LogP contribution is -2.14. The standard InChI is InChI=1S/C20H19ClN4O/c1-3-14-5-8-15(9-6-14)25-20(26)18-11-23-19(12-22-18)24-16-7-4-13(2)17(21)10-16/h4-12H,3H2,1-2H3,(H,23,24)(H,25,26). The first-order valence-corrected chi connectivity index (χ1v) is 8.68. The number of benzene rings is 2. The van der Waals surface area contributed by atoms with Crippen molar-refractivity contribution in [2.75, 3.05) is 10.6 Å². The van der Waals surface area contributed by atoms with E-state index in [0.717, 1.165) is 23.4 Å². The van der Waals surface area contributed by atoms with Gasteiger partial charge >= 0.3 is 0 Å². The fourth-order valence-corrected chi connectivity index (χ4v) is 2.53. The quantitative estimate of drug-likeness (QED) is 0.667. The number of nitrogens with one attached hydrogen (secondary N) is 2. The SMILES string of the molecule is CCc1ccc(NC(=O)c2cnc(Nc3ccc(C)c(Cl)c3)cn2)cc1. The average molecular weight is 367 g/mol. The Hall–Kier alpha value is -2.92. The van der Waals surface area contributed by atoms with Gasteiger partial charge in [-0.25, -0.2) is 9.97 Å². The summed E-state index contributed by atoms with van der Waals surface area (Å²) in [6, 6.07) is 13.4. The lowest BCUT2D eigenvalue weighted by molar-refractivity contribution is 0.102. The van der Waals surface area contributed by atoms with Crippen LogP contribution >= 0.6 is 11.6 Å². The van der Waals surface area contributed by atoms with E-state index in [1.807, 2.05) is 49.4 Å². The predicted octanol–water partition coefficient (Wildman–Crippen LogP) is 5.00. The van der Waals surface area contributed by atoms with Gasteiger partial charge in [-0.05, 0) is 48.7 Å². The van der Waals surface area contributed by atoms with E-state index < -0.39 is 0 Å². The Morgan fingerprint density at radius 1 is 1.04 bits per heavy atom. The molecule has 1 amide bonds. The molecule has 132 valence electrons. The van der Waals surface area contributed by atoms with Crippen molar-refractivity contribution < 1.29 is 4.79 Å². The van der Waals surface area contributed by atoms with Crippen molar-refractivity contribution in [2.24, 2.45) is 0 Å². The number of carbonyl (C=O) groups excluding carboxylic acids is 1. The molecule has 5 nitrogen and oxygen atoms in total. The summed E-state index contributed by atoms with van der Waals surface area (Å²) in [7, 11) is 0. The fraction of sp³-hybridized carbons (Fsp3) is 0.150. The first-order chi connectivity index (χ1) is 12.5. The number of rotatable bonds is 5. The van der Waals surface area contributed by atoms with Crippen LogP contribution in [-0.4, -0.2) is 15.9 Å². The van der Waals surface area contributed by atoms with Gasteiger partial charge in [0.2, 0.25) is 0 Å². The van der Waals surface area contributed by atoms with Crippen LogP contribution in [0.3, 0.4) is 0 Å². The van der Waals surface area contributed by atoms with Crippen LogP contribution in [-0.2, 0) is 6.42 Å². The van der Waals surface area contributed by atoms with Crippen molar-refractivity contribution in [3.63, 3.8) is 0 Å². The number of aromatic nitrogens is 2. The summed E-state index contributed by atoms with van der Waals surface area (Å²) >= 11 is 6.11. The zero-order valence-electron chi connectivity index (χ0n) is 14.6. The largest absolute Gasteiger partial charge is 0.339 e. The van der Waals surface area contributed by atoms with Crippen LogP contribution < -0.4 is 10.6 Å². The molecule has 0 fully saturated rings. The molecule has 2 N–H and O–H groups in total. The molecule has 0 saturated heterocycles. The molecule has 2 aromatic carbocycles. The van der Waals surface area contributed by atoms with Crippen molar-refractivity contribution >= 4 is 34.7 Å². The van der Waals surface area contributed by atoms with E-state index in [9.17, 15) is 4.79 Å². The molecule has 3 aromatic rings. The number of anilines is 3. The maximum atomic E-state index is 12.3. The maximum Gasteiger partial charge on any atom is 0.275 e. The van der Waals surface area contributed by atoms with Crippen molar-refractivity contribution in [1.82, 2.24) is 9.97 Å². The molecule has 26 heavy (non-hydrogen) atoms. The number of hydrogen-bond acceptors (Lipinski definition) is 4. The monoisotopic (exact) mass is 366 g/mol. The van der Waals surface area contributed by atoms with Crippen molar-refractivity contribution in [2.45, 2.75) is 20.3 Å². The smallest absolute Gasteiger partial charge is 0.275 e. The summed E-state index contributed by atoms with van der Waals surface area (Å²) in [5, 5.41) is 6.60. The Morgan fingerprint density at radius 2 is 1.77 bits per heavy atom.